The lowest BCUT2D eigenvalue weighted by Gasteiger charge is -2.37. The Bertz CT molecular complexity index is 928. The standard InChI is InChI=1S/C28H32N2O3/c1-21(2)18-30-19-25(29-27(30)32)26(31)20-33-28(22-12-6-3-7-13-22,23-14-8-4-9-15-23)24-16-10-5-11-17-24/h3-17,21,25-26,31H,18-20H2,1-2H3,(H,29,32)/t25-,26-/m1/s1. The van der Waals surface area contributed by atoms with E-state index in [4.69, 9.17) is 4.74 Å². The summed E-state index contributed by atoms with van der Waals surface area (Å²) in [5.74, 6) is 0.366. The van der Waals surface area contributed by atoms with Crippen molar-refractivity contribution in [1.82, 2.24) is 10.2 Å². The number of amides is 2. The number of nitrogens with one attached hydrogen (secondary N) is 1. The first-order valence-electron chi connectivity index (χ1n) is 11.5. The van der Waals surface area contributed by atoms with Crippen molar-refractivity contribution in [3.8, 4) is 0 Å². The Kier molecular flexibility index (Phi) is 7.11. The van der Waals surface area contributed by atoms with Crippen LogP contribution in [0.2, 0.25) is 0 Å². The lowest BCUT2D eigenvalue weighted by atomic mass is 9.80. The minimum atomic E-state index is -0.898. The maximum absolute atomic E-state index is 12.4. The average Bonchev–Trinajstić information content (AvgIpc) is 3.21. The van der Waals surface area contributed by atoms with E-state index in [1.807, 2.05) is 91.0 Å². The molecule has 3 aromatic carbocycles. The molecule has 1 aliphatic heterocycles. The van der Waals surface area contributed by atoms with Gasteiger partial charge in [0.2, 0.25) is 0 Å². The molecule has 1 heterocycles. The van der Waals surface area contributed by atoms with E-state index in [2.05, 4.69) is 19.2 Å². The van der Waals surface area contributed by atoms with E-state index < -0.39 is 11.7 Å². The number of ether oxygens (including phenoxy) is 1. The highest BCUT2D eigenvalue weighted by molar-refractivity contribution is 5.77. The summed E-state index contributed by atoms with van der Waals surface area (Å²) in [6, 6.07) is 29.7. The van der Waals surface area contributed by atoms with Gasteiger partial charge >= 0.3 is 6.03 Å². The number of urea groups is 1. The molecule has 2 N–H and O–H groups in total. The van der Waals surface area contributed by atoms with E-state index in [1.165, 1.54) is 0 Å². The molecule has 0 aliphatic carbocycles. The fraction of sp³-hybridized carbons (Fsp3) is 0.321. The Morgan fingerprint density at radius 3 is 1.79 bits per heavy atom. The Morgan fingerprint density at radius 1 is 0.909 bits per heavy atom. The number of nitrogens with zero attached hydrogens (tertiary/aromatic N) is 1. The summed E-state index contributed by atoms with van der Waals surface area (Å²) in [6.45, 7) is 5.36. The van der Waals surface area contributed by atoms with E-state index in [9.17, 15) is 9.90 Å². The van der Waals surface area contributed by atoms with Crippen LogP contribution in [0.25, 0.3) is 0 Å². The van der Waals surface area contributed by atoms with Gasteiger partial charge in [0.25, 0.3) is 0 Å². The fourth-order valence-corrected chi connectivity index (χ4v) is 4.53. The molecule has 5 nitrogen and oxygen atoms in total. The predicted octanol–water partition coefficient (Wildman–Crippen LogP) is 4.41. The number of carbonyl (C=O) groups excluding carboxylic acids is 1. The number of aliphatic hydroxyl groups excluding tert-OH is 1. The molecule has 5 heteroatoms. The summed E-state index contributed by atoms with van der Waals surface area (Å²) in [5.41, 5.74) is 2.04. The maximum atomic E-state index is 12.4. The van der Waals surface area contributed by atoms with Crippen molar-refractivity contribution >= 4 is 6.03 Å². The minimum absolute atomic E-state index is 0.0686. The summed E-state index contributed by atoms with van der Waals surface area (Å²) in [6.07, 6.45) is -0.846. The molecule has 0 aromatic heterocycles. The van der Waals surface area contributed by atoms with Gasteiger partial charge in [0, 0.05) is 13.1 Å². The van der Waals surface area contributed by atoms with Crippen LogP contribution in [0, 0.1) is 5.92 Å². The predicted molar refractivity (Wildman–Crippen MR) is 130 cm³/mol. The third-order valence-corrected chi connectivity index (χ3v) is 6.07. The van der Waals surface area contributed by atoms with Gasteiger partial charge in [-0.3, -0.25) is 0 Å². The highest BCUT2D eigenvalue weighted by atomic mass is 16.5. The topological polar surface area (TPSA) is 61.8 Å². The Labute approximate surface area is 196 Å². The minimum Gasteiger partial charge on any atom is -0.388 e. The largest absolute Gasteiger partial charge is 0.388 e. The van der Waals surface area contributed by atoms with Crippen molar-refractivity contribution in [3.63, 3.8) is 0 Å². The van der Waals surface area contributed by atoms with Gasteiger partial charge in [0.15, 0.2) is 0 Å². The van der Waals surface area contributed by atoms with E-state index >= 15 is 0 Å². The third kappa shape index (κ3) is 4.95. The first-order valence-corrected chi connectivity index (χ1v) is 11.5. The van der Waals surface area contributed by atoms with Gasteiger partial charge < -0.3 is 20.1 Å². The van der Waals surface area contributed by atoms with E-state index in [0.717, 1.165) is 16.7 Å². The van der Waals surface area contributed by atoms with Crippen LogP contribution in [0.3, 0.4) is 0 Å². The smallest absolute Gasteiger partial charge is 0.317 e. The zero-order chi connectivity index (χ0) is 23.3. The zero-order valence-corrected chi connectivity index (χ0v) is 19.2. The van der Waals surface area contributed by atoms with Gasteiger partial charge in [-0.2, -0.15) is 0 Å². The van der Waals surface area contributed by atoms with Crippen LogP contribution in [0.5, 0.6) is 0 Å². The van der Waals surface area contributed by atoms with Crippen molar-refractivity contribution in [3.05, 3.63) is 108 Å². The lowest BCUT2D eigenvalue weighted by Crippen LogP contribution is -2.44. The van der Waals surface area contributed by atoms with Crippen molar-refractivity contribution in [1.29, 1.82) is 0 Å². The Hall–Kier alpha value is -3.15. The Morgan fingerprint density at radius 2 is 1.36 bits per heavy atom. The maximum Gasteiger partial charge on any atom is 0.317 e. The number of aliphatic hydroxyl groups is 1. The van der Waals surface area contributed by atoms with Gasteiger partial charge in [-0.05, 0) is 22.6 Å². The highest BCUT2D eigenvalue weighted by Crippen LogP contribution is 2.40. The molecule has 2 atom stereocenters. The summed E-state index contributed by atoms with van der Waals surface area (Å²) in [4.78, 5) is 14.1. The van der Waals surface area contributed by atoms with Crippen LogP contribution in [0.4, 0.5) is 4.79 Å². The summed E-state index contributed by atoms with van der Waals surface area (Å²) >= 11 is 0. The first kappa shape index (κ1) is 23.0. The van der Waals surface area contributed by atoms with Crippen LogP contribution < -0.4 is 5.32 Å². The SMILES string of the molecule is CC(C)CN1C[C@H]([C@H](O)COC(c2ccccc2)(c2ccccc2)c2ccccc2)NC1=O. The summed E-state index contributed by atoms with van der Waals surface area (Å²) in [7, 11) is 0. The number of benzene rings is 3. The van der Waals surface area contributed by atoms with Gasteiger partial charge in [0.1, 0.15) is 5.60 Å². The van der Waals surface area contributed by atoms with Gasteiger partial charge in [-0.15, -0.1) is 0 Å². The average molecular weight is 445 g/mol. The van der Waals surface area contributed by atoms with Gasteiger partial charge in [-0.25, -0.2) is 4.79 Å². The molecule has 0 unspecified atom stereocenters. The molecule has 33 heavy (non-hydrogen) atoms. The van der Waals surface area contributed by atoms with Crippen LogP contribution in [-0.4, -0.2) is 47.9 Å². The molecular weight excluding hydrogens is 412 g/mol. The molecule has 0 spiro atoms. The number of hydrogen-bond acceptors (Lipinski definition) is 3. The van der Waals surface area contributed by atoms with E-state index in [0.29, 0.717) is 19.0 Å². The van der Waals surface area contributed by atoms with E-state index in [1.54, 1.807) is 4.90 Å². The second-order valence-corrected chi connectivity index (χ2v) is 9.01. The number of hydrogen-bond donors (Lipinski definition) is 2. The lowest BCUT2D eigenvalue weighted by molar-refractivity contribution is -0.0460. The Balaban J connectivity index is 1.66. The molecule has 3 aromatic rings. The molecule has 2 amide bonds. The van der Waals surface area contributed by atoms with Crippen LogP contribution in [0.15, 0.2) is 91.0 Å². The second kappa shape index (κ2) is 10.2. The molecular formula is C28H32N2O3. The second-order valence-electron chi connectivity index (χ2n) is 9.01. The van der Waals surface area contributed by atoms with Gasteiger partial charge in [0.05, 0.1) is 18.8 Å². The van der Waals surface area contributed by atoms with Crippen molar-refractivity contribution in [2.45, 2.75) is 31.6 Å². The summed E-state index contributed by atoms with van der Waals surface area (Å²) < 4.78 is 6.69. The zero-order valence-electron chi connectivity index (χ0n) is 19.2. The third-order valence-electron chi connectivity index (χ3n) is 6.07. The molecule has 0 saturated carbocycles. The molecule has 1 fully saturated rings. The van der Waals surface area contributed by atoms with E-state index in [-0.39, 0.29) is 18.7 Å². The molecule has 1 aliphatic rings. The van der Waals surface area contributed by atoms with Crippen LogP contribution >= 0.6 is 0 Å². The van der Waals surface area contributed by atoms with Crippen LogP contribution in [-0.2, 0) is 10.3 Å². The first-order chi connectivity index (χ1) is 16.0. The quantitative estimate of drug-likeness (QED) is 0.481. The van der Waals surface area contributed by atoms with Crippen molar-refractivity contribution in [2.24, 2.45) is 5.92 Å². The molecule has 0 bridgehead atoms. The molecule has 4 rings (SSSR count). The molecule has 172 valence electrons. The number of carbonyl (C=O) groups is 1. The highest BCUT2D eigenvalue weighted by Gasteiger charge is 2.40. The normalized spacial score (nSPS) is 17.3. The van der Waals surface area contributed by atoms with Crippen molar-refractivity contribution in [2.75, 3.05) is 19.7 Å². The molecule has 0 radical (unpaired) electrons. The number of rotatable bonds is 9. The van der Waals surface area contributed by atoms with Gasteiger partial charge in [-0.1, -0.05) is 105 Å². The van der Waals surface area contributed by atoms with Crippen LogP contribution in [0.1, 0.15) is 30.5 Å². The monoisotopic (exact) mass is 444 g/mol. The van der Waals surface area contributed by atoms with Crippen molar-refractivity contribution < 1.29 is 14.6 Å². The summed E-state index contributed by atoms with van der Waals surface area (Å²) in [5, 5.41) is 14.0. The fourth-order valence-electron chi connectivity index (χ4n) is 4.53. The molecule has 1 saturated heterocycles.